The predicted molar refractivity (Wildman–Crippen MR) is 112 cm³/mol. The first-order chi connectivity index (χ1) is 12.4. The van der Waals surface area contributed by atoms with Crippen LogP contribution in [0.4, 0.5) is 15.9 Å². The molecule has 3 heterocycles. The van der Waals surface area contributed by atoms with Gasteiger partial charge in [0.25, 0.3) is 0 Å². The van der Waals surface area contributed by atoms with E-state index in [4.69, 9.17) is 11.5 Å². The zero-order valence-electron chi connectivity index (χ0n) is 13.6. The van der Waals surface area contributed by atoms with Crippen molar-refractivity contribution in [1.29, 1.82) is 0 Å². The topological polar surface area (TPSA) is 82.8 Å². The summed E-state index contributed by atoms with van der Waals surface area (Å²) in [5, 5.41) is 0.634. The van der Waals surface area contributed by atoms with E-state index in [2.05, 4.69) is 38.5 Å². The Morgan fingerprint density at radius 3 is 2.54 bits per heavy atom. The third-order valence-electron chi connectivity index (χ3n) is 3.66. The molecule has 4 N–H and O–H groups in total. The minimum atomic E-state index is -0.460. The van der Waals surface area contributed by atoms with Crippen LogP contribution in [0.25, 0.3) is 22.2 Å². The van der Waals surface area contributed by atoms with Gasteiger partial charge < -0.3 is 16.0 Å². The monoisotopic (exact) mass is 451 g/mol. The van der Waals surface area contributed by atoms with Gasteiger partial charge in [-0.3, -0.25) is 0 Å². The fraction of sp³-hybridized carbons (Fsp3) is 0.0588. The van der Waals surface area contributed by atoms with Crippen molar-refractivity contribution in [3.05, 3.63) is 52.5 Å². The summed E-state index contributed by atoms with van der Waals surface area (Å²) in [6.07, 6.45) is 3.16. The number of thiol groups is 1. The average Bonchev–Trinajstić information content (AvgIpc) is 3.14. The molecule has 0 aliphatic carbocycles. The molecule has 1 aromatic carbocycles. The lowest BCUT2D eigenvalue weighted by Gasteiger charge is -2.04. The van der Waals surface area contributed by atoms with Gasteiger partial charge in [0, 0.05) is 24.4 Å². The Labute approximate surface area is 167 Å². The highest BCUT2D eigenvalue weighted by Gasteiger charge is 2.16. The molecule has 0 spiro atoms. The molecule has 0 atom stereocenters. The van der Waals surface area contributed by atoms with Gasteiger partial charge in [0.15, 0.2) is 5.82 Å². The van der Waals surface area contributed by atoms with Gasteiger partial charge in [-0.1, -0.05) is 12.1 Å². The third-order valence-corrected chi connectivity index (χ3v) is 5.51. The first-order valence-electron chi connectivity index (χ1n) is 7.42. The fourth-order valence-electron chi connectivity index (χ4n) is 2.50. The quantitative estimate of drug-likeness (QED) is 0.288. The normalized spacial score (nSPS) is 10.6. The van der Waals surface area contributed by atoms with Gasteiger partial charge >= 0.3 is 0 Å². The van der Waals surface area contributed by atoms with Gasteiger partial charge in [0.1, 0.15) is 17.8 Å². The maximum absolute atomic E-state index is 14.1. The number of anilines is 2. The number of nitrogens with two attached hydrogens (primary N) is 2. The van der Waals surface area contributed by atoms with Crippen molar-refractivity contribution >= 4 is 62.4 Å². The first kappa shape index (κ1) is 18.7. The van der Waals surface area contributed by atoms with Crippen LogP contribution >= 0.6 is 39.9 Å². The number of halogens is 2. The van der Waals surface area contributed by atoms with Crippen LogP contribution in [0.2, 0.25) is 0 Å². The Morgan fingerprint density at radius 2 is 1.92 bits per heavy atom. The van der Waals surface area contributed by atoms with Crippen molar-refractivity contribution in [2.45, 2.75) is 4.21 Å². The molecule has 0 aliphatic rings. The largest absolute Gasteiger partial charge is 0.396 e. The standard InChI is InChI=1S/C13H12FN5.C4H3BrS2/c1-19-5-8(7-3-2-4-9(15)11(7)14)10-12(16)17-6-18-13(10)19;5-3-1-2-4(6)7-3/h2-6H,15H2,1H3,(H2,16,17,18);1-2,6H. The smallest absolute Gasteiger partial charge is 0.153 e. The molecule has 134 valence electrons. The molecule has 26 heavy (non-hydrogen) atoms. The van der Waals surface area contributed by atoms with E-state index < -0.39 is 5.82 Å². The number of hydrogen-bond acceptors (Lipinski definition) is 6. The Morgan fingerprint density at radius 1 is 1.15 bits per heavy atom. The first-order valence-corrected chi connectivity index (χ1v) is 9.48. The molecule has 4 aromatic rings. The zero-order valence-corrected chi connectivity index (χ0v) is 16.9. The summed E-state index contributed by atoms with van der Waals surface area (Å²) in [6, 6.07) is 8.81. The highest BCUT2D eigenvalue weighted by Crippen LogP contribution is 2.34. The molecule has 0 unspecified atom stereocenters. The molecule has 0 aliphatic heterocycles. The number of fused-ring (bicyclic) bond motifs is 1. The Hall–Kier alpha value is -2.10. The van der Waals surface area contributed by atoms with E-state index in [0.717, 1.165) is 8.00 Å². The number of rotatable bonds is 1. The van der Waals surface area contributed by atoms with E-state index in [-0.39, 0.29) is 5.69 Å². The number of hydrogen-bond donors (Lipinski definition) is 3. The second-order valence-electron chi connectivity index (χ2n) is 5.40. The molecule has 0 bridgehead atoms. The molecule has 0 amide bonds. The van der Waals surface area contributed by atoms with E-state index in [0.29, 0.717) is 28.0 Å². The van der Waals surface area contributed by atoms with Crippen LogP contribution in [0.5, 0.6) is 0 Å². The summed E-state index contributed by atoms with van der Waals surface area (Å²) >= 11 is 9.02. The number of nitrogen functional groups attached to an aromatic ring is 2. The summed E-state index contributed by atoms with van der Waals surface area (Å²) in [4.78, 5) is 8.12. The van der Waals surface area contributed by atoms with Crippen molar-refractivity contribution in [3.8, 4) is 11.1 Å². The van der Waals surface area contributed by atoms with Crippen molar-refractivity contribution in [3.63, 3.8) is 0 Å². The van der Waals surface area contributed by atoms with Gasteiger partial charge in [0.2, 0.25) is 0 Å². The van der Waals surface area contributed by atoms with E-state index in [1.54, 1.807) is 34.2 Å². The zero-order chi connectivity index (χ0) is 18.8. The maximum atomic E-state index is 14.1. The van der Waals surface area contributed by atoms with Crippen molar-refractivity contribution < 1.29 is 4.39 Å². The van der Waals surface area contributed by atoms with Gasteiger partial charge in [0.05, 0.1) is 19.1 Å². The highest BCUT2D eigenvalue weighted by atomic mass is 79.9. The molecule has 0 saturated heterocycles. The third kappa shape index (κ3) is 3.69. The predicted octanol–water partition coefficient (Wildman–Crippen LogP) is 4.74. The van der Waals surface area contributed by atoms with Crippen LogP contribution in [0.1, 0.15) is 0 Å². The number of thiophene rings is 1. The lowest BCUT2D eigenvalue weighted by atomic mass is 10.0. The van der Waals surface area contributed by atoms with Gasteiger partial charge in [-0.25, -0.2) is 14.4 Å². The summed E-state index contributed by atoms with van der Waals surface area (Å²) in [5.74, 6) is -0.138. The van der Waals surface area contributed by atoms with E-state index >= 15 is 0 Å². The Balaban J connectivity index is 0.000000236. The molecule has 4 rings (SSSR count). The van der Waals surface area contributed by atoms with Crippen LogP contribution in [0, 0.1) is 5.82 Å². The molecule has 0 fully saturated rings. The van der Waals surface area contributed by atoms with Crippen LogP contribution in [0.3, 0.4) is 0 Å². The SMILES string of the molecule is Cn1cc(-c2cccc(N)c2F)c2c(N)ncnc21.Sc1ccc(Br)s1. The summed E-state index contributed by atoms with van der Waals surface area (Å²) < 4.78 is 18.1. The molecule has 3 aromatic heterocycles. The van der Waals surface area contributed by atoms with Crippen molar-refractivity contribution in [1.82, 2.24) is 14.5 Å². The van der Waals surface area contributed by atoms with E-state index in [9.17, 15) is 4.39 Å². The lowest BCUT2D eigenvalue weighted by Crippen LogP contribution is -1.95. The molecular formula is C17H15BrFN5S2. The molecule has 0 saturated carbocycles. The van der Waals surface area contributed by atoms with E-state index in [1.165, 1.54) is 12.4 Å². The molecular weight excluding hydrogens is 437 g/mol. The van der Waals surface area contributed by atoms with Crippen LogP contribution < -0.4 is 11.5 Å². The van der Waals surface area contributed by atoms with Gasteiger partial charge in [-0.2, -0.15) is 0 Å². The van der Waals surface area contributed by atoms with Crippen LogP contribution in [-0.2, 0) is 7.05 Å². The number of benzene rings is 1. The molecule has 9 heteroatoms. The van der Waals surface area contributed by atoms with Crippen LogP contribution in [-0.4, -0.2) is 14.5 Å². The Bertz CT molecular complexity index is 1060. The highest BCUT2D eigenvalue weighted by molar-refractivity contribution is 9.11. The summed E-state index contributed by atoms with van der Waals surface area (Å²) in [6.45, 7) is 0. The van der Waals surface area contributed by atoms with Gasteiger partial charge in [-0.05, 0) is 34.1 Å². The van der Waals surface area contributed by atoms with Crippen LogP contribution in [0.15, 0.2) is 50.9 Å². The van der Waals surface area contributed by atoms with Crippen molar-refractivity contribution in [2.24, 2.45) is 7.05 Å². The minimum absolute atomic E-state index is 0.102. The van der Waals surface area contributed by atoms with E-state index in [1.807, 2.05) is 19.2 Å². The number of aryl methyl sites for hydroxylation is 1. The maximum Gasteiger partial charge on any atom is 0.153 e. The number of nitrogens with zero attached hydrogens (tertiary/aromatic N) is 3. The average molecular weight is 452 g/mol. The minimum Gasteiger partial charge on any atom is -0.396 e. The lowest BCUT2D eigenvalue weighted by molar-refractivity contribution is 0.636. The molecule has 0 radical (unpaired) electrons. The Kier molecular flexibility index (Phi) is 5.49. The second kappa shape index (κ2) is 7.65. The second-order valence-corrected chi connectivity index (χ2v) is 8.65. The number of aromatic nitrogens is 3. The van der Waals surface area contributed by atoms with Crippen molar-refractivity contribution in [2.75, 3.05) is 11.5 Å². The summed E-state index contributed by atoms with van der Waals surface area (Å²) in [5.41, 5.74) is 13.3. The summed E-state index contributed by atoms with van der Waals surface area (Å²) in [7, 11) is 1.82. The van der Waals surface area contributed by atoms with Gasteiger partial charge in [-0.15, -0.1) is 24.0 Å². The molecule has 5 nitrogen and oxygen atoms in total. The fourth-order valence-corrected chi connectivity index (χ4v) is 4.37.